The molecule has 0 bridgehead atoms. The van der Waals surface area contributed by atoms with E-state index in [0.717, 1.165) is 12.8 Å². The zero-order chi connectivity index (χ0) is 13.0. The SMILES string of the molecule is CC1OCCC1(O)CNCC(=O)NC1CCCC1. The molecule has 3 N–H and O–H groups in total. The molecule has 2 unspecified atom stereocenters. The molecule has 5 heteroatoms. The van der Waals surface area contributed by atoms with Gasteiger partial charge in [-0.15, -0.1) is 0 Å². The number of carbonyl (C=O) groups is 1. The Balaban J connectivity index is 1.63. The lowest BCUT2D eigenvalue weighted by Crippen LogP contribution is -2.48. The Kier molecular flexibility index (Phi) is 4.59. The van der Waals surface area contributed by atoms with Gasteiger partial charge in [0.1, 0.15) is 5.60 Å². The Bertz CT molecular complexity index is 292. The van der Waals surface area contributed by atoms with Crippen LogP contribution >= 0.6 is 0 Å². The van der Waals surface area contributed by atoms with Crippen LogP contribution in [0, 0.1) is 0 Å². The standard InChI is InChI=1S/C13H24N2O3/c1-10-13(17,6-7-18-10)9-14-8-12(16)15-11-4-2-3-5-11/h10-11,14,17H,2-9H2,1H3,(H,15,16). The van der Waals surface area contributed by atoms with E-state index >= 15 is 0 Å². The minimum absolute atomic E-state index is 0.0251. The first-order chi connectivity index (χ1) is 8.60. The highest BCUT2D eigenvalue weighted by molar-refractivity contribution is 5.78. The second-order valence-electron chi connectivity index (χ2n) is 5.52. The second kappa shape index (κ2) is 5.99. The molecule has 1 aliphatic heterocycles. The first-order valence-corrected chi connectivity index (χ1v) is 6.94. The van der Waals surface area contributed by atoms with Crippen LogP contribution in [0.2, 0.25) is 0 Å². The minimum atomic E-state index is -0.826. The Morgan fingerprint density at radius 1 is 1.44 bits per heavy atom. The van der Waals surface area contributed by atoms with Crippen molar-refractivity contribution >= 4 is 5.91 Å². The van der Waals surface area contributed by atoms with Crippen molar-refractivity contribution in [3.8, 4) is 0 Å². The van der Waals surface area contributed by atoms with Gasteiger partial charge in [0.25, 0.3) is 0 Å². The molecule has 1 aliphatic carbocycles. The van der Waals surface area contributed by atoms with Gasteiger partial charge in [0.15, 0.2) is 0 Å². The number of aliphatic hydroxyl groups is 1. The first kappa shape index (κ1) is 13.8. The average molecular weight is 256 g/mol. The first-order valence-electron chi connectivity index (χ1n) is 6.94. The van der Waals surface area contributed by atoms with Crippen LogP contribution in [0.5, 0.6) is 0 Å². The highest BCUT2D eigenvalue weighted by atomic mass is 16.5. The van der Waals surface area contributed by atoms with Crippen molar-refractivity contribution in [1.82, 2.24) is 10.6 Å². The Labute approximate surface area is 108 Å². The highest BCUT2D eigenvalue weighted by Crippen LogP contribution is 2.24. The van der Waals surface area contributed by atoms with Gasteiger partial charge >= 0.3 is 0 Å². The molecular weight excluding hydrogens is 232 g/mol. The Morgan fingerprint density at radius 3 is 2.78 bits per heavy atom. The largest absolute Gasteiger partial charge is 0.386 e. The van der Waals surface area contributed by atoms with Crippen molar-refractivity contribution in [2.24, 2.45) is 0 Å². The van der Waals surface area contributed by atoms with Crippen LogP contribution < -0.4 is 10.6 Å². The zero-order valence-corrected chi connectivity index (χ0v) is 11.1. The van der Waals surface area contributed by atoms with Crippen LogP contribution in [0.4, 0.5) is 0 Å². The maximum absolute atomic E-state index is 11.7. The van der Waals surface area contributed by atoms with E-state index in [1.807, 2.05) is 6.92 Å². The summed E-state index contributed by atoms with van der Waals surface area (Å²) in [6.45, 7) is 3.14. The van der Waals surface area contributed by atoms with Crippen LogP contribution in [-0.4, -0.2) is 48.5 Å². The van der Waals surface area contributed by atoms with E-state index in [-0.39, 0.29) is 18.6 Å². The second-order valence-corrected chi connectivity index (χ2v) is 5.52. The van der Waals surface area contributed by atoms with Crippen molar-refractivity contribution in [2.45, 2.75) is 56.8 Å². The van der Waals surface area contributed by atoms with Gasteiger partial charge in [-0.05, 0) is 19.8 Å². The monoisotopic (exact) mass is 256 g/mol. The number of carbonyl (C=O) groups excluding carboxylic acids is 1. The van der Waals surface area contributed by atoms with Crippen LogP contribution in [0.1, 0.15) is 39.0 Å². The lowest BCUT2D eigenvalue weighted by atomic mass is 9.97. The summed E-state index contributed by atoms with van der Waals surface area (Å²) in [6, 6.07) is 0.358. The van der Waals surface area contributed by atoms with E-state index in [1.165, 1.54) is 12.8 Å². The molecule has 2 rings (SSSR count). The molecule has 1 heterocycles. The number of ether oxygens (including phenoxy) is 1. The van der Waals surface area contributed by atoms with Crippen molar-refractivity contribution in [3.63, 3.8) is 0 Å². The number of amides is 1. The van der Waals surface area contributed by atoms with Gasteiger partial charge in [-0.1, -0.05) is 12.8 Å². The maximum Gasteiger partial charge on any atom is 0.234 e. The summed E-state index contributed by atoms with van der Waals surface area (Å²) < 4.78 is 5.34. The van der Waals surface area contributed by atoms with E-state index in [9.17, 15) is 9.90 Å². The van der Waals surface area contributed by atoms with Gasteiger partial charge in [0.05, 0.1) is 12.6 Å². The van der Waals surface area contributed by atoms with Crippen LogP contribution in [0.15, 0.2) is 0 Å². The molecule has 0 aromatic carbocycles. The molecule has 0 aromatic rings. The fraction of sp³-hybridized carbons (Fsp3) is 0.923. The highest BCUT2D eigenvalue weighted by Gasteiger charge is 2.39. The summed E-state index contributed by atoms with van der Waals surface area (Å²) in [6.07, 6.45) is 5.09. The molecule has 1 amide bonds. The van der Waals surface area contributed by atoms with Gasteiger partial charge < -0.3 is 20.5 Å². The van der Waals surface area contributed by atoms with Gasteiger partial charge in [0.2, 0.25) is 5.91 Å². The molecule has 18 heavy (non-hydrogen) atoms. The molecule has 1 saturated carbocycles. The maximum atomic E-state index is 11.7. The quantitative estimate of drug-likeness (QED) is 0.656. The fourth-order valence-electron chi connectivity index (χ4n) is 2.74. The van der Waals surface area contributed by atoms with Crippen LogP contribution in [-0.2, 0) is 9.53 Å². The average Bonchev–Trinajstić information content (AvgIpc) is 2.91. The molecule has 0 spiro atoms. The number of hydrogen-bond donors (Lipinski definition) is 3. The summed E-state index contributed by atoms with van der Waals surface area (Å²) in [4.78, 5) is 11.7. The molecule has 0 radical (unpaired) electrons. The number of hydrogen-bond acceptors (Lipinski definition) is 4. The number of rotatable bonds is 5. The van der Waals surface area contributed by atoms with E-state index in [4.69, 9.17) is 4.74 Å². The van der Waals surface area contributed by atoms with Crippen molar-refractivity contribution in [1.29, 1.82) is 0 Å². The van der Waals surface area contributed by atoms with Crippen molar-refractivity contribution in [2.75, 3.05) is 19.7 Å². The van der Waals surface area contributed by atoms with Crippen LogP contribution in [0.3, 0.4) is 0 Å². The van der Waals surface area contributed by atoms with Gasteiger partial charge in [0, 0.05) is 25.6 Å². The minimum Gasteiger partial charge on any atom is -0.386 e. The summed E-state index contributed by atoms with van der Waals surface area (Å²) in [7, 11) is 0. The molecule has 2 atom stereocenters. The van der Waals surface area contributed by atoms with E-state index in [2.05, 4.69) is 10.6 Å². The molecule has 0 aromatic heterocycles. The third kappa shape index (κ3) is 3.43. The summed E-state index contributed by atoms with van der Waals surface area (Å²) >= 11 is 0. The van der Waals surface area contributed by atoms with Crippen molar-refractivity contribution < 1.29 is 14.6 Å². The predicted octanol–water partition coefficient (Wildman–Crippen LogP) is 0.175. The van der Waals surface area contributed by atoms with E-state index in [1.54, 1.807) is 0 Å². The van der Waals surface area contributed by atoms with Crippen LogP contribution in [0.25, 0.3) is 0 Å². The molecule has 104 valence electrons. The predicted molar refractivity (Wildman–Crippen MR) is 68.2 cm³/mol. The Hall–Kier alpha value is -0.650. The fourth-order valence-corrected chi connectivity index (χ4v) is 2.74. The lowest BCUT2D eigenvalue weighted by Gasteiger charge is -2.26. The molecule has 5 nitrogen and oxygen atoms in total. The van der Waals surface area contributed by atoms with Gasteiger partial charge in [-0.3, -0.25) is 4.79 Å². The third-order valence-electron chi connectivity index (χ3n) is 4.10. The lowest BCUT2D eigenvalue weighted by molar-refractivity contribution is -0.121. The molecule has 2 aliphatic rings. The summed E-state index contributed by atoms with van der Waals surface area (Å²) in [5.41, 5.74) is -0.826. The smallest absolute Gasteiger partial charge is 0.234 e. The normalized spacial score (nSPS) is 32.9. The van der Waals surface area contributed by atoms with Crippen molar-refractivity contribution in [3.05, 3.63) is 0 Å². The van der Waals surface area contributed by atoms with Gasteiger partial charge in [-0.2, -0.15) is 0 Å². The molecule has 2 fully saturated rings. The molecule has 1 saturated heterocycles. The van der Waals surface area contributed by atoms with E-state index in [0.29, 0.717) is 25.6 Å². The third-order valence-corrected chi connectivity index (χ3v) is 4.10. The topological polar surface area (TPSA) is 70.6 Å². The van der Waals surface area contributed by atoms with Gasteiger partial charge in [-0.25, -0.2) is 0 Å². The zero-order valence-electron chi connectivity index (χ0n) is 11.1. The number of nitrogens with one attached hydrogen (secondary N) is 2. The van der Waals surface area contributed by atoms with E-state index < -0.39 is 5.60 Å². The molecular formula is C13H24N2O3. The summed E-state index contributed by atoms with van der Waals surface area (Å²) in [5.74, 6) is 0.0251. The summed E-state index contributed by atoms with van der Waals surface area (Å²) in [5, 5.41) is 16.3. The Morgan fingerprint density at radius 2 is 2.17 bits per heavy atom.